The number of hydrogen-bond donors (Lipinski definition) is 0. The Morgan fingerprint density at radius 1 is 0.840 bits per heavy atom. The van der Waals surface area contributed by atoms with Crippen molar-refractivity contribution in [2.75, 3.05) is 0 Å². The van der Waals surface area contributed by atoms with E-state index in [1.807, 2.05) is 47.7 Å². The lowest BCUT2D eigenvalue weighted by Crippen LogP contribution is -1.99. The topological polar surface area (TPSA) is 43.1 Å². The smallest absolute Gasteiger partial charge is 0.256 e. The van der Waals surface area contributed by atoms with E-state index in [0.29, 0.717) is 26.5 Å². The van der Waals surface area contributed by atoms with Gasteiger partial charge in [0.2, 0.25) is 0 Å². The van der Waals surface area contributed by atoms with Crippen molar-refractivity contribution in [2.45, 2.75) is 6.92 Å². The normalized spacial score (nSPS) is 11.2. The van der Waals surface area contributed by atoms with E-state index in [2.05, 4.69) is 15.2 Å². The molecule has 25 heavy (non-hydrogen) atoms. The quantitative estimate of drug-likeness (QED) is 0.440. The first-order valence-corrected chi connectivity index (χ1v) is 8.60. The number of aromatic nitrogens is 4. The molecule has 0 aliphatic rings. The van der Waals surface area contributed by atoms with Crippen molar-refractivity contribution < 1.29 is 0 Å². The second-order valence-corrected chi connectivity index (χ2v) is 6.82. The van der Waals surface area contributed by atoms with E-state index in [0.717, 1.165) is 22.6 Å². The Balaban J connectivity index is 2.00. The van der Waals surface area contributed by atoms with Crippen LogP contribution in [0.15, 0.2) is 48.5 Å². The molecule has 0 saturated heterocycles. The van der Waals surface area contributed by atoms with Crippen molar-refractivity contribution in [3.05, 3.63) is 69.4 Å². The van der Waals surface area contributed by atoms with Gasteiger partial charge in [0, 0.05) is 15.6 Å². The molecule has 4 aromatic rings. The molecule has 0 saturated carbocycles. The molecule has 0 radical (unpaired) electrons. The van der Waals surface area contributed by atoms with E-state index >= 15 is 0 Å². The lowest BCUT2D eigenvalue weighted by molar-refractivity contribution is 1.01. The van der Waals surface area contributed by atoms with Gasteiger partial charge in [-0.3, -0.25) is 4.40 Å². The van der Waals surface area contributed by atoms with Crippen molar-refractivity contribution in [1.82, 2.24) is 19.6 Å². The fourth-order valence-corrected chi connectivity index (χ4v) is 3.34. The van der Waals surface area contributed by atoms with Gasteiger partial charge < -0.3 is 0 Å². The monoisotopic (exact) mass is 388 g/mol. The molecule has 124 valence electrons. The van der Waals surface area contributed by atoms with Crippen molar-refractivity contribution in [3.8, 4) is 22.5 Å². The maximum Gasteiger partial charge on any atom is 0.256 e. The highest BCUT2D eigenvalue weighted by Crippen LogP contribution is 2.32. The first-order chi connectivity index (χ1) is 12.0. The number of fused-ring (bicyclic) bond motifs is 1. The molecule has 4 nitrogen and oxygen atoms in total. The molecule has 0 N–H and O–H groups in total. The minimum absolute atomic E-state index is 0.506. The van der Waals surface area contributed by atoms with Crippen LogP contribution in [0.5, 0.6) is 0 Å². The number of benzene rings is 2. The van der Waals surface area contributed by atoms with Crippen LogP contribution in [0.2, 0.25) is 15.1 Å². The van der Waals surface area contributed by atoms with Gasteiger partial charge in [-0.2, -0.15) is 0 Å². The van der Waals surface area contributed by atoms with E-state index < -0.39 is 0 Å². The molecule has 0 unspecified atom stereocenters. The zero-order valence-electron chi connectivity index (χ0n) is 13.0. The Kier molecular flexibility index (Phi) is 4.12. The highest BCUT2D eigenvalue weighted by Gasteiger charge is 2.15. The van der Waals surface area contributed by atoms with Crippen LogP contribution in [-0.4, -0.2) is 19.6 Å². The summed E-state index contributed by atoms with van der Waals surface area (Å²) in [6, 6.07) is 14.9. The average Bonchev–Trinajstić information content (AvgIpc) is 2.96. The van der Waals surface area contributed by atoms with Crippen LogP contribution in [0, 0.1) is 6.92 Å². The van der Waals surface area contributed by atoms with Crippen LogP contribution in [0.4, 0.5) is 0 Å². The summed E-state index contributed by atoms with van der Waals surface area (Å²) in [5.41, 5.74) is 3.37. The third kappa shape index (κ3) is 2.97. The number of nitrogens with zero attached hydrogens (tertiary/aromatic N) is 4. The summed E-state index contributed by atoms with van der Waals surface area (Å²) in [5.74, 6) is 1.26. The lowest BCUT2D eigenvalue weighted by Gasteiger charge is -2.10. The Bertz CT molecular complexity index is 1090. The summed E-state index contributed by atoms with van der Waals surface area (Å²) >= 11 is 18.4. The Morgan fingerprint density at radius 2 is 1.56 bits per heavy atom. The van der Waals surface area contributed by atoms with E-state index in [-0.39, 0.29) is 0 Å². The zero-order chi connectivity index (χ0) is 17.6. The van der Waals surface area contributed by atoms with Crippen LogP contribution in [-0.2, 0) is 0 Å². The van der Waals surface area contributed by atoms with E-state index in [9.17, 15) is 0 Å². The van der Waals surface area contributed by atoms with Crippen LogP contribution in [0.3, 0.4) is 0 Å². The van der Waals surface area contributed by atoms with E-state index in [1.165, 1.54) is 0 Å². The standard InChI is InChI=1S/C18H11Cl3N4/c1-10-23-24-18-22-16(14-7-6-13(20)8-15(14)21)9-17(25(10)18)11-2-4-12(19)5-3-11/h2-9H,1H3. The summed E-state index contributed by atoms with van der Waals surface area (Å²) in [5, 5.41) is 10.1. The van der Waals surface area contributed by atoms with Gasteiger partial charge in [-0.25, -0.2) is 4.98 Å². The van der Waals surface area contributed by atoms with Crippen molar-refractivity contribution in [1.29, 1.82) is 0 Å². The van der Waals surface area contributed by atoms with E-state index in [1.54, 1.807) is 12.1 Å². The van der Waals surface area contributed by atoms with Gasteiger partial charge in [-0.1, -0.05) is 46.9 Å². The van der Waals surface area contributed by atoms with Crippen LogP contribution < -0.4 is 0 Å². The van der Waals surface area contributed by atoms with Gasteiger partial charge in [0.05, 0.1) is 16.4 Å². The summed E-state index contributed by atoms with van der Waals surface area (Å²) < 4.78 is 1.90. The maximum atomic E-state index is 6.35. The molecule has 7 heteroatoms. The molecule has 0 fully saturated rings. The van der Waals surface area contributed by atoms with Crippen molar-refractivity contribution in [2.24, 2.45) is 0 Å². The van der Waals surface area contributed by atoms with Crippen LogP contribution >= 0.6 is 34.8 Å². The summed E-state index contributed by atoms with van der Waals surface area (Å²) in [6.45, 7) is 1.88. The molecule has 4 rings (SSSR count). The molecule has 0 atom stereocenters. The SMILES string of the molecule is Cc1nnc2nc(-c3ccc(Cl)cc3Cl)cc(-c3ccc(Cl)cc3)n12. The third-order valence-corrected chi connectivity index (χ3v) is 4.69. The van der Waals surface area contributed by atoms with E-state index in [4.69, 9.17) is 34.8 Å². The molecular weight excluding hydrogens is 379 g/mol. The number of rotatable bonds is 2. The molecular formula is C18H11Cl3N4. The van der Waals surface area contributed by atoms with Gasteiger partial charge in [0.1, 0.15) is 5.82 Å². The zero-order valence-corrected chi connectivity index (χ0v) is 15.3. The summed E-state index contributed by atoms with van der Waals surface area (Å²) in [4.78, 5) is 4.60. The number of aryl methyl sites for hydroxylation is 1. The number of hydrogen-bond acceptors (Lipinski definition) is 3. The summed E-state index contributed by atoms with van der Waals surface area (Å²) in [6.07, 6.45) is 0. The minimum atomic E-state index is 0.506. The molecule has 0 spiro atoms. The van der Waals surface area contributed by atoms with Gasteiger partial charge >= 0.3 is 0 Å². The summed E-state index contributed by atoms with van der Waals surface area (Å²) in [7, 11) is 0. The first-order valence-electron chi connectivity index (χ1n) is 7.47. The molecule has 2 aromatic heterocycles. The first kappa shape index (κ1) is 16.3. The molecule has 2 aromatic carbocycles. The maximum absolute atomic E-state index is 6.35. The van der Waals surface area contributed by atoms with Gasteiger partial charge in [-0.05, 0) is 48.9 Å². The second kappa shape index (κ2) is 6.30. The van der Waals surface area contributed by atoms with Crippen LogP contribution in [0.1, 0.15) is 5.82 Å². The molecule has 0 bridgehead atoms. The van der Waals surface area contributed by atoms with Gasteiger partial charge in [0.25, 0.3) is 5.78 Å². The lowest BCUT2D eigenvalue weighted by atomic mass is 10.1. The van der Waals surface area contributed by atoms with Crippen LogP contribution in [0.25, 0.3) is 28.3 Å². The Labute approximate surface area is 159 Å². The highest BCUT2D eigenvalue weighted by atomic mass is 35.5. The molecule has 2 heterocycles. The second-order valence-electron chi connectivity index (χ2n) is 5.54. The fraction of sp³-hybridized carbons (Fsp3) is 0.0556. The molecule has 0 aliphatic carbocycles. The van der Waals surface area contributed by atoms with Gasteiger partial charge in [0.15, 0.2) is 0 Å². The van der Waals surface area contributed by atoms with Crippen molar-refractivity contribution in [3.63, 3.8) is 0 Å². The minimum Gasteiger partial charge on any atom is -0.263 e. The molecule has 0 amide bonds. The largest absolute Gasteiger partial charge is 0.263 e. The third-order valence-electron chi connectivity index (χ3n) is 3.89. The fourth-order valence-electron chi connectivity index (χ4n) is 2.71. The molecule has 0 aliphatic heterocycles. The number of halogens is 3. The van der Waals surface area contributed by atoms with Gasteiger partial charge in [-0.15, -0.1) is 10.2 Å². The Morgan fingerprint density at radius 3 is 2.28 bits per heavy atom. The average molecular weight is 390 g/mol. The predicted octanol–water partition coefficient (Wildman–Crippen LogP) is 5.73. The predicted molar refractivity (Wildman–Crippen MR) is 101 cm³/mol. The Hall–Kier alpha value is -2.14. The van der Waals surface area contributed by atoms with Crippen molar-refractivity contribution >= 4 is 40.6 Å². The highest BCUT2D eigenvalue weighted by molar-refractivity contribution is 6.36.